The van der Waals surface area contributed by atoms with E-state index in [0.29, 0.717) is 5.56 Å². The maximum atomic E-state index is 12.2. The molecule has 0 aromatic heterocycles. The Morgan fingerprint density at radius 2 is 1.82 bits per heavy atom. The van der Waals surface area contributed by atoms with Gasteiger partial charge >= 0.3 is 6.09 Å². The number of phenols is 2. The predicted molar refractivity (Wildman–Crippen MR) is 82.8 cm³/mol. The van der Waals surface area contributed by atoms with Gasteiger partial charge in [0.05, 0.1) is 12.6 Å². The number of aliphatic hydroxyl groups is 1. The number of rotatable bonds is 4. The van der Waals surface area contributed by atoms with E-state index in [0.717, 1.165) is 0 Å². The lowest BCUT2D eigenvalue weighted by molar-refractivity contribution is 0.00724. The van der Waals surface area contributed by atoms with Gasteiger partial charge in [-0.2, -0.15) is 0 Å². The van der Waals surface area contributed by atoms with Gasteiger partial charge in [0, 0.05) is 6.04 Å². The summed E-state index contributed by atoms with van der Waals surface area (Å²) in [6.45, 7) is 9.00. The third-order valence-electron chi connectivity index (χ3n) is 3.01. The molecule has 0 aliphatic rings. The first-order chi connectivity index (χ1) is 10.0. The fraction of sp³-hybridized carbons (Fsp3) is 0.562. The van der Waals surface area contributed by atoms with Crippen LogP contribution in [0, 0.1) is 0 Å². The van der Waals surface area contributed by atoms with Crippen LogP contribution in [0.25, 0.3) is 0 Å². The van der Waals surface area contributed by atoms with Crippen LogP contribution in [0.4, 0.5) is 4.79 Å². The topological polar surface area (TPSA) is 90.2 Å². The molecule has 0 heterocycles. The van der Waals surface area contributed by atoms with Crippen molar-refractivity contribution >= 4 is 6.09 Å². The van der Waals surface area contributed by atoms with E-state index in [-0.39, 0.29) is 24.1 Å². The van der Waals surface area contributed by atoms with Crippen LogP contribution in [0.1, 0.15) is 46.3 Å². The van der Waals surface area contributed by atoms with Gasteiger partial charge in [-0.3, -0.25) is 0 Å². The number of aliphatic hydroxyl groups excluding tert-OH is 1. The fourth-order valence-electron chi connectivity index (χ4n) is 1.86. The summed E-state index contributed by atoms with van der Waals surface area (Å²) in [6.07, 6.45) is -1.51. The largest absolute Gasteiger partial charge is 0.504 e. The standard InChI is InChI=1S/C16H25NO5/c1-10(2)17(15(21)22-16(3,4)5)9-14(20)11-6-7-12(18)13(19)8-11/h6-8,10,14,18-20H,9H2,1-5H3. The van der Waals surface area contributed by atoms with Gasteiger partial charge in [-0.05, 0) is 52.3 Å². The second-order valence-electron chi connectivity index (χ2n) is 6.49. The van der Waals surface area contributed by atoms with Crippen LogP contribution in [0.15, 0.2) is 18.2 Å². The number of carbonyl (C=O) groups excluding carboxylic acids is 1. The molecule has 3 N–H and O–H groups in total. The smallest absolute Gasteiger partial charge is 0.410 e. The molecule has 6 nitrogen and oxygen atoms in total. The normalized spacial score (nSPS) is 13.0. The Bertz CT molecular complexity index is 522. The molecule has 22 heavy (non-hydrogen) atoms. The molecule has 1 rings (SSSR count). The highest BCUT2D eigenvalue weighted by molar-refractivity contribution is 5.68. The van der Waals surface area contributed by atoms with E-state index in [1.54, 1.807) is 20.8 Å². The van der Waals surface area contributed by atoms with Crippen molar-refractivity contribution in [3.8, 4) is 11.5 Å². The number of nitrogens with zero attached hydrogens (tertiary/aromatic N) is 1. The molecule has 0 saturated carbocycles. The minimum Gasteiger partial charge on any atom is -0.504 e. The molecule has 6 heteroatoms. The van der Waals surface area contributed by atoms with Gasteiger partial charge in [0.1, 0.15) is 5.60 Å². The highest BCUT2D eigenvalue weighted by Crippen LogP contribution is 2.28. The lowest BCUT2D eigenvalue weighted by atomic mass is 10.1. The Morgan fingerprint density at radius 1 is 1.23 bits per heavy atom. The predicted octanol–water partition coefficient (Wildman–Crippen LogP) is 2.78. The van der Waals surface area contributed by atoms with E-state index in [1.807, 2.05) is 13.8 Å². The number of hydrogen-bond acceptors (Lipinski definition) is 5. The number of carbonyl (C=O) groups is 1. The Hall–Kier alpha value is -1.95. The number of phenolic OH excluding ortho intramolecular Hbond substituents is 2. The minimum absolute atomic E-state index is 0.0246. The Morgan fingerprint density at radius 3 is 2.27 bits per heavy atom. The Labute approximate surface area is 130 Å². The maximum Gasteiger partial charge on any atom is 0.410 e. The van der Waals surface area contributed by atoms with E-state index in [4.69, 9.17) is 4.74 Å². The number of hydrogen-bond donors (Lipinski definition) is 3. The van der Waals surface area contributed by atoms with Crippen molar-refractivity contribution in [1.82, 2.24) is 4.90 Å². The second kappa shape index (κ2) is 6.87. The van der Waals surface area contributed by atoms with E-state index in [9.17, 15) is 20.1 Å². The second-order valence-corrected chi connectivity index (χ2v) is 6.49. The maximum absolute atomic E-state index is 12.2. The van der Waals surface area contributed by atoms with Crippen LogP contribution < -0.4 is 0 Å². The molecule has 0 radical (unpaired) electrons. The zero-order valence-corrected chi connectivity index (χ0v) is 13.7. The van der Waals surface area contributed by atoms with Crippen molar-refractivity contribution in [2.45, 2.75) is 52.4 Å². The Balaban J connectivity index is 2.86. The lowest BCUT2D eigenvalue weighted by Gasteiger charge is -2.31. The van der Waals surface area contributed by atoms with Crippen LogP contribution in [-0.2, 0) is 4.74 Å². The Kier molecular flexibility index (Phi) is 5.65. The van der Waals surface area contributed by atoms with Gasteiger partial charge in [0.25, 0.3) is 0 Å². The summed E-state index contributed by atoms with van der Waals surface area (Å²) in [5.74, 6) is -0.575. The summed E-state index contributed by atoms with van der Waals surface area (Å²) in [5.41, 5.74) is -0.212. The summed E-state index contributed by atoms with van der Waals surface area (Å²) >= 11 is 0. The molecule has 1 aromatic rings. The van der Waals surface area contributed by atoms with Crippen LogP contribution in [0.2, 0.25) is 0 Å². The van der Waals surface area contributed by atoms with Gasteiger partial charge in [-0.1, -0.05) is 6.07 Å². The number of ether oxygens (including phenoxy) is 1. The summed E-state index contributed by atoms with van der Waals surface area (Å²) < 4.78 is 5.33. The fourth-order valence-corrected chi connectivity index (χ4v) is 1.86. The highest BCUT2D eigenvalue weighted by Gasteiger charge is 2.26. The summed E-state index contributed by atoms with van der Waals surface area (Å²) in [5, 5.41) is 29.0. The van der Waals surface area contributed by atoms with Gasteiger partial charge in [-0.15, -0.1) is 0 Å². The first kappa shape index (κ1) is 18.1. The minimum atomic E-state index is -0.999. The molecule has 0 saturated heterocycles. The molecule has 124 valence electrons. The van der Waals surface area contributed by atoms with Gasteiger partial charge in [-0.25, -0.2) is 4.79 Å². The zero-order valence-electron chi connectivity index (χ0n) is 13.7. The molecule has 1 atom stereocenters. The molecule has 0 aliphatic carbocycles. The third kappa shape index (κ3) is 5.11. The number of benzene rings is 1. The summed E-state index contributed by atoms with van der Waals surface area (Å²) in [6, 6.07) is 3.90. The first-order valence-electron chi connectivity index (χ1n) is 7.21. The van der Waals surface area contributed by atoms with Crippen molar-refractivity contribution in [2.24, 2.45) is 0 Å². The van der Waals surface area contributed by atoms with Crippen molar-refractivity contribution < 1.29 is 24.9 Å². The average Bonchev–Trinajstić information content (AvgIpc) is 2.36. The van der Waals surface area contributed by atoms with E-state index >= 15 is 0 Å². The van der Waals surface area contributed by atoms with Crippen molar-refractivity contribution in [3.05, 3.63) is 23.8 Å². The van der Waals surface area contributed by atoms with Gasteiger partial charge < -0.3 is 25.0 Å². The van der Waals surface area contributed by atoms with E-state index in [1.165, 1.54) is 23.1 Å². The number of aromatic hydroxyl groups is 2. The molecular formula is C16H25NO5. The molecule has 1 amide bonds. The monoisotopic (exact) mass is 311 g/mol. The van der Waals surface area contributed by atoms with Crippen molar-refractivity contribution in [2.75, 3.05) is 6.54 Å². The van der Waals surface area contributed by atoms with Gasteiger partial charge in [0.2, 0.25) is 0 Å². The first-order valence-corrected chi connectivity index (χ1v) is 7.21. The molecule has 0 fully saturated rings. The van der Waals surface area contributed by atoms with E-state index < -0.39 is 17.8 Å². The van der Waals surface area contributed by atoms with Crippen LogP contribution in [-0.4, -0.2) is 44.5 Å². The molecule has 0 bridgehead atoms. The highest BCUT2D eigenvalue weighted by atomic mass is 16.6. The molecule has 0 spiro atoms. The van der Waals surface area contributed by atoms with Crippen LogP contribution in [0.5, 0.6) is 11.5 Å². The van der Waals surface area contributed by atoms with Crippen LogP contribution >= 0.6 is 0 Å². The molecule has 1 aromatic carbocycles. The molecule has 1 unspecified atom stereocenters. The SMILES string of the molecule is CC(C)N(CC(O)c1ccc(O)c(O)c1)C(=O)OC(C)(C)C. The summed E-state index contributed by atoms with van der Waals surface area (Å²) in [4.78, 5) is 13.6. The molecule has 0 aliphatic heterocycles. The van der Waals surface area contributed by atoms with E-state index in [2.05, 4.69) is 0 Å². The molecular weight excluding hydrogens is 286 g/mol. The van der Waals surface area contributed by atoms with Crippen molar-refractivity contribution in [1.29, 1.82) is 0 Å². The number of amides is 1. The average molecular weight is 311 g/mol. The third-order valence-corrected chi connectivity index (χ3v) is 3.01. The van der Waals surface area contributed by atoms with Gasteiger partial charge in [0.15, 0.2) is 11.5 Å². The van der Waals surface area contributed by atoms with Crippen LogP contribution in [0.3, 0.4) is 0 Å². The summed E-state index contributed by atoms with van der Waals surface area (Å²) in [7, 11) is 0. The van der Waals surface area contributed by atoms with Crippen molar-refractivity contribution in [3.63, 3.8) is 0 Å². The zero-order chi connectivity index (χ0) is 17.1. The quantitative estimate of drug-likeness (QED) is 0.744. The lowest BCUT2D eigenvalue weighted by Crippen LogP contribution is -2.43.